The molecule has 0 spiro atoms. The number of ether oxygens (including phenoxy) is 1. The number of amides is 2. The summed E-state index contributed by atoms with van der Waals surface area (Å²) in [6, 6.07) is 15.0. The summed E-state index contributed by atoms with van der Waals surface area (Å²) in [7, 11) is 0. The van der Waals surface area contributed by atoms with Crippen LogP contribution in [0.2, 0.25) is 0 Å². The molecule has 6 heteroatoms. The zero-order chi connectivity index (χ0) is 21.2. The number of benzene rings is 2. The molecule has 0 saturated carbocycles. The number of fused-ring (bicyclic) bond motifs is 2. The van der Waals surface area contributed by atoms with Crippen molar-refractivity contribution in [3.8, 4) is 5.75 Å². The Morgan fingerprint density at radius 3 is 2.71 bits per heavy atom. The van der Waals surface area contributed by atoms with Crippen molar-refractivity contribution >= 4 is 28.4 Å². The summed E-state index contributed by atoms with van der Waals surface area (Å²) in [4.78, 5) is 32.1. The van der Waals surface area contributed by atoms with Gasteiger partial charge < -0.3 is 15.0 Å². The normalized spacial score (nSPS) is 15.2. The van der Waals surface area contributed by atoms with E-state index in [1.165, 1.54) is 0 Å². The second kappa shape index (κ2) is 8.38. The summed E-state index contributed by atoms with van der Waals surface area (Å²) < 4.78 is 5.70. The summed E-state index contributed by atoms with van der Waals surface area (Å²) in [5.74, 6) is 0.433. The number of pyridine rings is 1. The molecule has 3 aromatic rings. The lowest BCUT2D eigenvalue weighted by Crippen LogP contribution is -2.32. The van der Waals surface area contributed by atoms with E-state index in [2.05, 4.69) is 5.32 Å². The third kappa shape index (κ3) is 3.98. The third-order valence-corrected chi connectivity index (χ3v) is 6.06. The lowest BCUT2D eigenvalue weighted by atomic mass is 10.0. The summed E-state index contributed by atoms with van der Waals surface area (Å²) >= 11 is 0. The monoisotopic (exact) mass is 415 g/mol. The van der Waals surface area contributed by atoms with E-state index in [1.807, 2.05) is 41.3 Å². The molecule has 1 N–H and O–H groups in total. The van der Waals surface area contributed by atoms with Gasteiger partial charge in [0.15, 0.2) is 6.61 Å². The van der Waals surface area contributed by atoms with Crippen LogP contribution in [0.15, 0.2) is 48.5 Å². The maximum absolute atomic E-state index is 13.3. The van der Waals surface area contributed by atoms with Crippen molar-refractivity contribution in [2.45, 2.75) is 32.1 Å². The standard InChI is InChI=1S/C25H25N3O3/c29-23(28-13-3-4-14-28)16-31-18-8-5-7-17(15-18)26-25(30)24-19-9-1-2-11-21(19)27-22-12-6-10-20(22)24/h1-2,5,7-9,11,15H,3-4,6,10,12-14,16H2,(H,26,30). The van der Waals surface area contributed by atoms with Crippen molar-refractivity contribution in [2.75, 3.05) is 25.0 Å². The largest absolute Gasteiger partial charge is 0.484 e. The van der Waals surface area contributed by atoms with Crippen molar-refractivity contribution in [1.82, 2.24) is 9.88 Å². The van der Waals surface area contributed by atoms with Crippen LogP contribution in [0.25, 0.3) is 10.9 Å². The Balaban J connectivity index is 1.35. The van der Waals surface area contributed by atoms with E-state index in [9.17, 15) is 9.59 Å². The topological polar surface area (TPSA) is 71.5 Å². The second-order valence-corrected chi connectivity index (χ2v) is 8.14. The van der Waals surface area contributed by atoms with E-state index in [1.54, 1.807) is 12.1 Å². The molecule has 0 unspecified atom stereocenters. The average molecular weight is 415 g/mol. The number of hydrogen-bond donors (Lipinski definition) is 1. The van der Waals surface area contributed by atoms with Crippen molar-refractivity contribution in [2.24, 2.45) is 0 Å². The molecule has 2 aliphatic rings. The van der Waals surface area contributed by atoms with Crippen molar-refractivity contribution in [1.29, 1.82) is 0 Å². The lowest BCUT2D eigenvalue weighted by Gasteiger charge is -2.16. The first-order valence-corrected chi connectivity index (χ1v) is 10.9. The van der Waals surface area contributed by atoms with Crippen LogP contribution in [0.1, 0.15) is 40.9 Å². The van der Waals surface area contributed by atoms with E-state index >= 15 is 0 Å². The fourth-order valence-electron chi connectivity index (χ4n) is 4.53. The minimum atomic E-state index is -0.137. The molecule has 1 saturated heterocycles. The number of aryl methyl sites for hydroxylation is 1. The summed E-state index contributed by atoms with van der Waals surface area (Å²) in [5.41, 5.74) is 4.30. The number of hydrogen-bond acceptors (Lipinski definition) is 4. The number of rotatable bonds is 5. The zero-order valence-electron chi connectivity index (χ0n) is 17.4. The van der Waals surface area contributed by atoms with E-state index in [0.717, 1.165) is 67.4 Å². The quantitative estimate of drug-likeness (QED) is 0.684. The molecule has 2 heterocycles. The predicted molar refractivity (Wildman–Crippen MR) is 119 cm³/mol. The number of nitrogens with zero attached hydrogens (tertiary/aromatic N) is 2. The van der Waals surface area contributed by atoms with E-state index in [4.69, 9.17) is 9.72 Å². The number of nitrogens with one attached hydrogen (secondary N) is 1. The summed E-state index contributed by atoms with van der Waals surface area (Å²) in [6.07, 6.45) is 4.92. The highest BCUT2D eigenvalue weighted by molar-refractivity contribution is 6.13. The highest BCUT2D eigenvalue weighted by atomic mass is 16.5. The van der Waals surface area contributed by atoms with Gasteiger partial charge in [-0.05, 0) is 55.9 Å². The van der Waals surface area contributed by atoms with Gasteiger partial charge in [-0.15, -0.1) is 0 Å². The van der Waals surface area contributed by atoms with Gasteiger partial charge in [0.1, 0.15) is 5.75 Å². The molecule has 1 aliphatic heterocycles. The van der Waals surface area contributed by atoms with Gasteiger partial charge in [-0.2, -0.15) is 0 Å². The van der Waals surface area contributed by atoms with E-state index in [-0.39, 0.29) is 18.4 Å². The van der Waals surface area contributed by atoms with Crippen LogP contribution in [-0.4, -0.2) is 41.4 Å². The molecule has 1 aliphatic carbocycles. The Morgan fingerprint density at radius 1 is 1.00 bits per heavy atom. The van der Waals surface area contributed by atoms with Crippen LogP contribution < -0.4 is 10.1 Å². The molecular formula is C25H25N3O3. The molecule has 0 atom stereocenters. The molecule has 2 aromatic carbocycles. The molecule has 158 valence electrons. The van der Waals surface area contributed by atoms with Crippen molar-refractivity contribution in [3.05, 3.63) is 65.4 Å². The Morgan fingerprint density at radius 2 is 1.84 bits per heavy atom. The maximum atomic E-state index is 13.3. The third-order valence-electron chi connectivity index (χ3n) is 6.06. The molecule has 1 aromatic heterocycles. The lowest BCUT2D eigenvalue weighted by molar-refractivity contribution is -0.132. The molecule has 31 heavy (non-hydrogen) atoms. The first-order valence-electron chi connectivity index (χ1n) is 10.9. The number of anilines is 1. The van der Waals surface area contributed by atoms with Gasteiger partial charge in [-0.25, -0.2) is 0 Å². The van der Waals surface area contributed by atoms with Crippen LogP contribution in [0.3, 0.4) is 0 Å². The number of likely N-dealkylation sites (tertiary alicyclic amines) is 1. The smallest absolute Gasteiger partial charge is 0.260 e. The molecule has 1 fully saturated rings. The zero-order valence-corrected chi connectivity index (χ0v) is 17.4. The van der Waals surface area contributed by atoms with E-state index < -0.39 is 0 Å². The van der Waals surface area contributed by atoms with Crippen LogP contribution >= 0.6 is 0 Å². The van der Waals surface area contributed by atoms with Crippen molar-refractivity contribution in [3.63, 3.8) is 0 Å². The molecule has 0 radical (unpaired) electrons. The van der Waals surface area contributed by atoms with Gasteiger partial charge in [0.05, 0.1) is 11.1 Å². The van der Waals surface area contributed by atoms with E-state index in [0.29, 0.717) is 17.0 Å². The van der Waals surface area contributed by atoms with Crippen LogP contribution in [0.4, 0.5) is 5.69 Å². The first kappa shape index (κ1) is 19.5. The molecular weight excluding hydrogens is 390 g/mol. The minimum absolute atomic E-state index is 0.00533. The van der Waals surface area contributed by atoms with Crippen LogP contribution in [0.5, 0.6) is 5.75 Å². The van der Waals surface area contributed by atoms with Crippen LogP contribution in [0, 0.1) is 0 Å². The summed E-state index contributed by atoms with van der Waals surface area (Å²) in [5, 5.41) is 3.90. The second-order valence-electron chi connectivity index (χ2n) is 8.14. The SMILES string of the molecule is O=C(Nc1cccc(OCC(=O)N2CCCC2)c1)c1c2c(nc3ccccc13)CCC2. The molecule has 2 amide bonds. The maximum Gasteiger partial charge on any atom is 0.260 e. The number of carbonyl (C=O) groups excluding carboxylic acids is 2. The predicted octanol–water partition coefficient (Wildman–Crippen LogP) is 3.98. The highest BCUT2D eigenvalue weighted by Crippen LogP contribution is 2.31. The Bertz CT molecular complexity index is 1150. The Kier molecular flexibility index (Phi) is 5.28. The van der Waals surface area contributed by atoms with Gasteiger partial charge in [0.25, 0.3) is 11.8 Å². The van der Waals surface area contributed by atoms with Gasteiger partial charge in [-0.1, -0.05) is 24.3 Å². The summed E-state index contributed by atoms with van der Waals surface area (Å²) in [6.45, 7) is 1.63. The van der Waals surface area contributed by atoms with Gasteiger partial charge in [-0.3, -0.25) is 14.6 Å². The fraction of sp³-hybridized carbons (Fsp3) is 0.320. The number of aromatic nitrogens is 1. The Labute approximate surface area is 181 Å². The fourth-order valence-corrected chi connectivity index (χ4v) is 4.53. The van der Waals surface area contributed by atoms with Crippen LogP contribution in [-0.2, 0) is 17.6 Å². The number of para-hydroxylation sites is 1. The average Bonchev–Trinajstić information content (AvgIpc) is 3.48. The van der Waals surface area contributed by atoms with Crippen molar-refractivity contribution < 1.29 is 14.3 Å². The highest BCUT2D eigenvalue weighted by Gasteiger charge is 2.24. The molecule has 0 bridgehead atoms. The van der Waals surface area contributed by atoms with Gasteiger partial charge >= 0.3 is 0 Å². The molecule has 5 rings (SSSR count). The Hall–Kier alpha value is -3.41. The van der Waals surface area contributed by atoms with Gasteiger partial charge in [0.2, 0.25) is 0 Å². The first-order chi connectivity index (χ1) is 15.2. The number of carbonyl (C=O) groups is 2. The van der Waals surface area contributed by atoms with Gasteiger partial charge in [0, 0.05) is 35.9 Å². The minimum Gasteiger partial charge on any atom is -0.484 e. The molecule has 6 nitrogen and oxygen atoms in total.